The maximum atomic E-state index is 13.1. The molecular weight excluding hydrogens is 532 g/mol. The van der Waals surface area contributed by atoms with E-state index in [1.54, 1.807) is 0 Å². The molecule has 240 valence electrons. The molecule has 4 saturated carbocycles. The fourth-order valence-electron chi connectivity index (χ4n) is 11.6. The van der Waals surface area contributed by atoms with Gasteiger partial charge in [0.15, 0.2) is 0 Å². The number of likely N-dealkylation sites (tertiary alicyclic amines) is 2. The summed E-state index contributed by atoms with van der Waals surface area (Å²) in [7, 11) is 0. The molecule has 0 spiro atoms. The molecule has 1 aromatic rings. The van der Waals surface area contributed by atoms with Crippen molar-refractivity contribution in [2.24, 2.45) is 28.6 Å². The van der Waals surface area contributed by atoms with Gasteiger partial charge in [0.05, 0.1) is 24.9 Å². The van der Waals surface area contributed by atoms with Gasteiger partial charge in [0.1, 0.15) is 5.60 Å². The minimum Gasteiger partial charge on any atom is -0.389 e. The smallest absolute Gasteiger partial charge is 0.101 e. The largest absolute Gasteiger partial charge is 0.389 e. The highest BCUT2D eigenvalue weighted by Crippen LogP contribution is 2.72. The fourth-order valence-corrected chi connectivity index (χ4v) is 11.6. The van der Waals surface area contributed by atoms with Gasteiger partial charge in [-0.1, -0.05) is 43.7 Å². The fraction of sp³-hybridized carbons (Fsp3) is 0.842. The Morgan fingerprint density at radius 1 is 0.767 bits per heavy atom. The quantitative estimate of drug-likeness (QED) is 0.337. The van der Waals surface area contributed by atoms with Crippen molar-refractivity contribution in [1.82, 2.24) is 9.80 Å². The third kappa shape index (κ3) is 5.16. The Balaban J connectivity index is 1.08. The molecule has 0 bridgehead atoms. The Morgan fingerprint density at radius 2 is 1.44 bits per heavy atom. The summed E-state index contributed by atoms with van der Waals surface area (Å²) in [4.78, 5) is 5.14. The number of fused-ring (bicyclic) bond motifs is 5. The second-order valence-electron chi connectivity index (χ2n) is 16.2. The molecular formula is C38H60N2O3. The molecule has 6 fully saturated rings. The van der Waals surface area contributed by atoms with Crippen molar-refractivity contribution < 1.29 is 14.6 Å². The monoisotopic (exact) mass is 592 g/mol. The number of nitrogens with zero attached hydrogens (tertiary/aromatic N) is 2. The maximum Gasteiger partial charge on any atom is 0.101 e. The minimum atomic E-state index is -0.675. The summed E-state index contributed by atoms with van der Waals surface area (Å²) in [5.41, 5.74) is 1.54. The summed E-state index contributed by atoms with van der Waals surface area (Å²) >= 11 is 0. The SMILES string of the molecule is Cc1ccc([C@]2(OCCN3CCCC3)CC[C@]3(O)[C@@H]4CC[C@@H]5C[C@@H](OCCN6CCCC6)CC[C@]5(C)[C@H]4CC[C@]23C)cc1. The molecule has 5 heteroatoms. The molecule has 0 aromatic heterocycles. The van der Waals surface area contributed by atoms with Crippen LogP contribution in [-0.4, -0.2) is 79.1 Å². The van der Waals surface area contributed by atoms with Crippen molar-refractivity contribution in [1.29, 1.82) is 0 Å². The first-order valence-electron chi connectivity index (χ1n) is 18.3. The maximum absolute atomic E-state index is 13.1. The molecule has 8 atom stereocenters. The van der Waals surface area contributed by atoms with Crippen molar-refractivity contribution >= 4 is 0 Å². The lowest BCUT2D eigenvalue weighted by Gasteiger charge is -2.65. The Bertz CT molecular complexity index is 1100. The average molecular weight is 593 g/mol. The van der Waals surface area contributed by atoms with Crippen LogP contribution in [0.15, 0.2) is 24.3 Å². The summed E-state index contributed by atoms with van der Waals surface area (Å²) in [6.45, 7) is 15.9. The highest BCUT2D eigenvalue weighted by molar-refractivity contribution is 5.35. The van der Waals surface area contributed by atoms with E-state index in [2.05, 4.69) is 54.8 Å². The predicted molar refractivity (Wildman–Crippen MR) is 173 cm³/mol. The van der Waals surface area contributed by atoms with Crippen LogP contribution in [0.3, 0.4) is 0 Å². The lowest BCUT2D eigenvalue weighted by atomic mass is 9.42. The average Bonchev–Trinajstić information content (AvgIpc) is 3.76. The molecule has 2 aliphatic heterocycles. The van der Waals surface area contributed by atoms with E-state index < -0.39 is 11.2 Å². The molecule has 0 amide bonds. The Kier molecular flexibility index (Phi) is 8.55. The highest BCUT2D eigenvalue weighted by atomic mass is 16.5. The van der Waals surface area contributed by atoms with E-state index in [9.17, 15) is 5.11 Å². The van der Waals surface area contributed by atoms with Gasteiger partial charge in [-0.3, -0.25) is 0 Å². The van der Waals surface area contributed by atoms with Gasteiger partial charge in [-0.15, -0.1) is 0 Å². The zero-order valence-electron chi connectivity index (χ0n) is 27.6. The lowest BCUT2D eigenvalue weighted by molar-refractivity contribution is -0.249. The van der Waals surface area contributed by atoms with Crippen molar-refractivity contribution in [2.75, 3.05) is 52.5 Å². The van der Waals surface area contributed by atoms with Crippen molar-refractivity contribution in [2.45, 2.75) is 122 Å². The molecule has 0 unspecified atom stereocenters. The van der Waals surface area contributed by atoms with Gasteiger partial charge in [0.2, 0.25) is 0 Å². The molecule has 2 saturated heterocycles. The van der Waals surface area contributed by atoms with Crippen LogP contribution in [0.1, 0.15) is 108 Å². The van der Waals surface area contributed by atoms with Gasteiger partial charge in [-0.05, 0) is 145 Å². The van der Waals surface area contributed by atoms with Gasteiger partial charge < -0.3 is 24.4 Å². The van der Waals surface area contributed by atoms with E-state index in [0.717, 1.165) is 57.9 Å². The minimum absolute atomic E-state index is 0.277. The molecule has 2 heterocycles. The Morgan fingerprint density at radius 3 is 2.14 bits per heavy atom. The number of aliphatic hydroxyl groups is 1. The van der Waals surface area contributed by atoms with Gasteiger partial charge in [0.25, 0.3) is 0 Å². The second kappa shape index (κ2) is 12.0. The van der Waals surface area contributed by atoms with Crippen LogP contribution in [0.25, 0.3) is 0 Å². The molecule has 1 N–H and O–H groups in total. The van der Waals surface area contributed by atoms with E-state index in [-0.39, 0.29) is 5.41 Å². The number of ether oxygens (including phenoxy) is 2. The van der Waals surface area contributed by atoms with Crippen LogP contribution in [0.5, 0.6) is 0 Å². The number of hydrogen-bond acceptors (Lipinski definition) is 5. The third-order valence-electron chi connectivity index (χ3n) is 14.3. The van der Waals surface area contributed by atoms with Crippen molar-refractivity contribution in [3.63, 3.8) is 0 Å². The summed E-state index contributed by atoms with van der Waals surface area (Å²) in [6.07, 6.45) is 15.9. The first-order valence-corrected chi connectivity index (χ1v) is 18.3. The van der Waals surface area contributed by atoms with Crippen molar-refractivity contribution in [3.05, 3.63) is 35.4 Å². The first-order chi connectivity index (χ1) is 20.8. The number of benzene rings is 1. The summed E-state index contributed by atoms with van der Waals surface area (Å²) in [5, 5.41) is 13.1. The van der Waals surface area contributed by atoms with Crippen molar-refractivity contribution in [3.8, 4) is 0 Å². The van der Waals surface area contributed by atoms with Crippen LogP contribution in [0.2, 0.25) is 0 Å². The standard InChI is InChI=1S/C38H60N2O3/c1-29-8-10-30(11-9-29)38(43-27-25-40-22-6-7-23-40)19-18-37(41)34-13-12-31-28-32(42-26-24-39-20-4-5-21-39)14-16-35(31,2)33(34)15-17-36(37,38)3/h8-11,31-34,41H,4-7,12-28H2,1-3H3/t31-,32+,33+,34-,35+,36+,37+,38-/m1/s1. The molecule has 1 aromatic carbocycles. The second-order valence-corrected chi connectivity index (χ2v) is 16.2. The topological polar surface area (TPSA) is 45.2 Å². The lowest BCUT2D eigenvalue weighted by Crippen LogP contribution is -2.65. The van der Waals surface area contributed by atoms with Gasteiger partial charge >= 0.3 is 0 Å². The Hall–Kier alpha value is -0.980. The number of hydrogen-bond donors (Lipinski definition) is 1. The predicted octanol–water partition coefficient (Wildman–Crippen LogP) is 6.94. The van der Waals surface area contributed by atoms with Gasteiger partial charge in [-0.25, -0.2) is 0 Å². The van der Waals surface area contributed by atoms with E-state index in [0.29, 0.717) is 23.4 Å². The van der Waals surface area contributed by atoms with E-state index >= 15 is 0 Å². The number of aryl methyl sites for hydroxylation is 1. The zero-order chi connectivity index (χ0) is 29.7. The van der Waals surface area contributed by atoms with Crippen LogP contribution in [0, 0.1) is 35.5 Å². The molecule has 4 aliphatic carbocycles. The van der Waals surface area contributed by atoms with Crippen LogP contribution < -0.4 is 0 Å². The molecule has 6 aliphatic rings. The van der Waals surface area contributed by atoms with Crippen LogP contribution >= 0.6 is 0 Å². The molecule has 5 nitrogen and oxygen atoms in total. The van der Waals surface area contributed by atoms with Crippen LogP contribution in [0.4, 0.5) is 0 Å². The van der Waals surface area contributed by atoms with E-state index in [1.165, 1.54) is 95.1 Å². The summed E-state index contributed by atoms with van der Waals surface area (Å²) in [6, 6.07) is 9.14. The van der Waals surface area contributed by atoms with Crippen LogP contribution in [-0.2, 0) is 15.1 Å². The highest BCUT2D eigenvalue weighted by Gasteiger charge is 2.72. The molecule has 7 rings (SSSR count). The summed E-state index contributed by atoms with van der Waals surface area (Å²) < 4.78 is 13.7. The molecule has 0 radical (unpaired) electrons. The zero-order valence-corrected chi connectivity index (χ0v) is 27.6. The summed E-state index contributed by atoms with van der Waals surface area (Å²) in [5.74, 6) is 1.70. The molecule has 43 heavy (non-hydrogen) atoms. The Labute approximate surface area is 262 Å². The number of rotatable bonds is 9. The normalized spacial score (nSPS) is 43.4. The van der Waals surface area contributed by atoms with Gasteiger partial charge in [-0.2, -0.15) is 0 Å². The van der Waals surface area contributed by atoms with E-state index in [1.807, 2.05) is 0 Å². The van der Waals surface area contributed by atoms with Gasteiger partial charge in [0, 0.05) is 18.5 Å². The third-order valence-corrected chi connectivity index (χ3v) is 14.3. The van der Waals surface area contributed by atoms with E-state index in [4.69, 9.17) is 9.47 Å². The first kappa shape index (κ1) is 30.7.